The zero-order valence-electron chi connectivity index (χ0n) is 15.5. The molecule has 0 bridgehead atoms. The molecule has 0 amide bonds. The molecule has 2 heterocycles. The smallest absolute Gasteiger partial charge is 0.465 e. The van der Waals surface area contributed by atoms with Gasteiger partial charge in [-0.05, 0) is 46.8 Å². The number of benzene rings is 1. The van der Waals surface area contributed by atoms with Crippen molar-refractivity contribution in [3.63, 3.8) is 0 Å². The number of para-hydroxylation sites is 1. The number of nitrogens with zero attached hydrogens (tertiary/aromatic N) is 2. The normalized spacial score (nSPS) is 18.4. The number of carbonyl (C=O) groups is 1. The Morgan fingerprint density at radius 3 is 2.36 bits per heavy atom. The summed E-state index contributed by atoms with van der Waals surface area (Å²) < 4.78 is 18.9. The number of hydrogen-bond acceptors (Lipinski definition) is 5. The van der Waals surface area contributed by atoms with Crippen LogP contribution in [0, 0.1) is 6.92 Å². The number of rotatable bonds is 3. The summed E-state index contributed by atoms with van der Waals surface area (Å²) in [7, 11) is 0.825. The van der Waals surface area contributed by atoms with Crippen molar-refractivity contribution in [1.29, 1.82) is 0 Å². The van der Waals surface area contributed by atoms with E-state index in [0.717, 1.165) is 5.82 Å². The molecule has 0 unspecified atom stereocenters. The van der Waals surface area contributed by atoms with E-state index in [9.17, 15) is 4.79 Å². The van der Waals surface area contributed by atoms with Gasteiger partial charge in [0.2, 0.25) is 0 Å². The fourth-order valence-electron chi connectivity index (χ4n) is 2.78. The predicted molar refractivity (Wildman–Crippen MR) is 95.4 cm³/mol. The fraction of sp³-hybridized carbons (Fsp3) is 0.444. The number of methoxy groups -OCH3 is 1. The summed E-state index contributed by atoms with van der Waals surface area (Å²) in [6.45, 7) is 9.89. The average Bonchev–Trinajstić information content (AvgIpc) is 3.04. The number of ether oxygens (including phenoxy) is 1. The van der Waals surface area contributed by atoms with E-state index >= 15 is 0 Å². The zero-order valence-corrected chi connectivity index (χ0v) is 15.5. The molecule has 0 N–H and O–H groups in total. The lowest BCUT2D eigenvalue weighted by molar-refractivity contribution is 0.00578. The summed E-state index contributed by atoms with van der Waals surface area (Å²) in [5, 5.41) is 0. The second kappa shape index (κ2) is 6.00. The lowest BCUT2D eigenvalue weighted by Crippen LogP contribution is -2.41. The molecule has 1 saturated heterocycles. The third-order valence-electron chi connectivity index (χ3n) is 4.96. The first-order chi connectivity index (χ1) is 11.7. The van der Waals surface area contributed by atoms with E-state index in [0.29, 0.717) is 16.8 Å². The van der Waals surface area contributed by atoms with Crippen molar-refractivity contribution in [1.82, 2.24) is 9.55 Å². The highest BCUT2D eigenvalue weighted by Crippen LogP contribution is 2.36. The highest BCUT2D eigenvalue weighted by atomic mass is 16.7. The average molecular weight is 342 g/mol. The van der Waals surface area contributed by atoms with E-state index in [1.807, 2.05) is 57.5 Å². The number of imidazole rings is 1. The van der Waals surface area contributed by atoms with E-state index in [4.69, 9.17) is 14.0 Å². The van der Waals surface area contributed by atoms with Crippen LogP contribution in [0.3, 0.4) is 0 Å². The van der Waals surface area contributed by atoms with Crippen LogP contribution in [-0.2, 0) is 14.0 Å². The highest BCUT2D eigenvalue weighted by Gasteiger charge is 2.52. The summed E-state index contributed by atoms with van der Waals surface area (Å²) in [6, 6.07) is 7.26. The molecule has 7 heteroatoms. The quantitative estimate of drug-likeness (QED) is 0.633. The van der Waals surface area contributed by atoms with Gasteiger partial charge in [0.25, 0.3) is 0 Å². The van der Waals surface area contributed by atoms with Crippen molar-refractivity contribution in [2.75, 3.05) is 7.11 Å². The second-order valence-electron chi connectivity index (χ2n) is 7.18. The molecule has 25 heavy (non-hydrogen) atoms. The molecule has 1 aromatic heterocycles. The van der Waals surface area contributed by atoms with Gasteiger partial charge in [-0.15, -0.1) is 0 Å². The molecule has 0 atom stereocenters. The molecule has 1 aliphatic rings. The first-order valence-electron chi connectivity index (χ1n) is 8.25. The highest BCUT2D eigenvalue weighted by molar-refractivity contribution is 6.61. The Morgan fingerprint density at radius 1 is 1.16 bits per heavy atom. The van der Waals surface area contributed by atoms with Gasteiger partial charge in [0.1, 0.15) is 5.82 Å². The van der Waals surface area contributed by atoms with Crippen LogP contribution >= 0.6 is 0 Å². The van der Waals surface area contributed by atoms with Gasteiger partial charge in [-0.25, -0.2) is 9.78 Å². The van der Waals surface area contributed by atoms with Gasteiger partial charge < -0.3 is 18.6 Å². The van der Waals surface area contributed by atoms with Gasteiger partial charge in [0, 0.05) is 6.20 Å². The fourth-order valence-corrected chi connectivity index (χ4v) is 2.78. The van der Waals surface area contributed by atoms with Crippen molar-refractivity contribution in [2.24, 2.45) is 0 Å². The monoisotopic (exact) mass is 342 g/mol. The largest absolute Gasteiger partial charge is 0.516 e. The molecule has 1 aromatic carbocycles. The number of hydrogen-bond donors (Lipinski definition) is 0. The van der Waals surface area contributed by atoms with Crippen LogP contribution in [0.1, 0.15) is 43.9 Å². The molecule has 3 rings (SSSR count). The Morgan fingerprint density at radius 2 is 1.76 bits per heavy atom. The molecule has 0 radical (unpaired) electrons. The van der Waals surface area contributed by atoms with Crippen LogP contribution in [0.5, 0.6) is 0 Å². The van der Waals surface area contributed by atoms with Crippen molar-refractivity contribution < 1.29 is 18.8 Å². The van der Waals surface area contributed by atoms with Crippen LogP contribution in [-0.4, -0.2) is 41.0 Å². The second-order valence-corrected chi connectivity index (χ2v) is 7.18. The van der Waals surface area contributed by atoms with E-state index in [1.165, 1.54) is 7.11 Å². The summed E-state index contributed by atoms with van der Waals surface area (Å²) in [5.74, 6) is 0.349. The molecule has 1 aliphatic heterocycles. The minimum Gasteiger partial charge on any atom is -0.465 e. The van der Waals surface area contributed by atoms with Crippen LogP contribution in [0.15, 0.2) is 30.5 Å². The van der Waals surface area contributed by atoms with Crippen LogP contribution in [0.4, 0.5) is 0 Å². The number of aryl methyl sites for hydroxylation is 1. The number of aromatic nitrogens is 2. The maximum Gasteiger partial charge on any atom is 0.516 e. The number of esters is 1. The lowest BCUT2D eigenvalue weighted by atomic mass is 9.86. The minimum absolute atomic E-state index is 0.388. The molecule has 0 spiro atoms. The maximum atomic E-state index is 12.0. The summed E-state index contributed by atoms with van der Waals surface area (Å²) in [6.07, 6.45) is 1.85. The topological polar surface area (TPSA) is 62.6 Å². The lowest BCUT2D eigenvalue weighted by Gasteiger charge is -2.32. The van der Waals surface area contributed by atoms with E-state index < -0.39 is 18.3 Å². The summed E-state index contributed by atoms with van der Waals surface area (Å²) in [4.78, 5) is 16.6. The van der Waals surface area contributed by atoms with Crippen molar-refractivity contribution >= 4 is 18.7 Å². The van der Waals surface area contributed by atoms with Crippen molar-refractivity contribution in [3.05, 3.63) is 41.9 Å². The van der Waals surface area contributed by atoms with Crippen LogP contribution in [0.25, 0.3) is 5.69 Å². The van der Waals surface area contributed by atoms with Crippen molar-refractivity contribution in [3.8, 4) is 5.69 Å². The van der Waals surface area contributed by atoms with Gasteiger partial charge in [-0.2, -0.15) is 0 Å². The first-order valence-corrected chi connectivity index (χ1v) is 8.25. The van der Waals surface area contributed by atoms with Gasteiger partial charge >= 0.3 is 13.1 Å². The molecule has 0 saturated carbocycles. The molecule has 6 nitrogen and oxygen atoms in total. The number of carbonyl (C=O) groups excluding carboxylic acids is 1. The Labute approximate surface area is 148 Å². The Hall–Kier alpha value is -2.12. The Balaban J connectivity index is 1.99. The molecule has 132 valence electrons. The third-order valence-corrected chi connectivity index (χ3v) is 4.96. The van der Waals surface area contributed by atoms with E-state index in [1.54, 1.807) is 12.1 Å². The molecule has 0 aliphatic carbocycles. The molecular weight excluding hydrogens is 319 g/mol. The van der Waals surface area contributed by atoms with E-state index in [-0.39, 0.29) is 5.97 Å². The minimum atomic E-state index is -0.546. The van der Waals surface area contributed by atoms with Crippen molar-refractivity contribution in [2.45, 2.75) is 45.8 Å². The first kappa shape index (κ1) is 17.7. The predicted octanol–water partition coefficient (Wildman–Crippen LogP) is 2.27. The van der Waals surface area contributed by atoms with Gasteiger partial charge in [-0.3, -0.25) is 0 Å². The summed E-state index contributed by atoms with van der Waals surface area (Å²) >= 11 is 0. The maximum absolute atomic E-state index is 12.0. The Bertz CT molecular complexity index is 797. The van der Waals surface area contributed by atoms with Gasteiger partial charge in [-0.1, -0.05) is 12.1 Å². The zero-order chi connectivity index (χ0) is 18.4. The molecular formula is C18H23BN2O4. The van der Waals surface area contributed by atoms with Gasteiger partial charge in [0.15, 0.2) is 0 Å². The molecule has 2 aromatic rings. The standard InChI is InChI=1S/C18H23BN2O4/c1-12-20-15(19-24-17(2,3)18(4,5)25-19)11-21(12)14-10-8-7-9-13(14)16(22)23-6/h7-11H,1-6H3. The van der Waals surface area contributed by atoms with Gasteiger partial charge in [0.05, 0.1) is 35.2 Å². The SMILES string of the molecule is COC(=O)c1ccccc1-n1cc(B2OC(C)(C)C(C)(C)O2)nc1C. The third kappa shape index (κ3) is 2.98. The summed E-state index contributed by atoms with van der Waals surface area (Å²) in [5.41, 5.74) is 1.00. The van der Waals surface area contributed by atoms with Crippen LogP contribution in [0.2, 0.25) is 0 Å². The molecule has 1 fully saturated rings. The Kier molecular flexibility index (Phi) is 4.25. The van der Waals surface area contributed by atoms with Crippen LogP contribution < -0.4 is 5.59 Å². The van der Waals surface area contributed by atoms with E-state index in [2.05, 4.69) is 4.98 Å².